The molecule has 0 bridgehead atoms. The summed E-state index contributed by atoms with van der Waals surface area (Å²) < 4.78 is 9.39. The molecule has 78 heavy (non-hydrogen) atoms. The van der Waals surface area contributed by atoms with Gasteiger partial charge in [0.25, 0.3) is 0 Å². The van der Waals surface area contributed by atoms with Crippen molar-refractivity contribution in [3.63, 3.8) is 0 Å². The van der Waals surface area contributed by atoms with Crippen LogP contribution in [0.25, 0.3) is 166 Å². The summed E-state index contributed by atoms with van der Waals surface area (Å²) in [6, 6.07) is 85.6. The maximum Gasteiger partial charge on any atom is 0.206 e. The van der Waals surface area contributed by atoms with Gasteiger partial charge < -0.3 is 9.13 Å². The Morgan fingerprint density at radius 2 is 0.782 bits per heavy atom. The smallest absolute Gasteiger partial charge is 0.206 e. The third-order valence-corrected chi connectivity index (χ3v) is 18.9. The largest absolute Gasteiger partial charge is 0.307 e. The van der Waals surface area contributed by atoms with E-state index in [9.17, 15) is 11.8 Å². The third-order valence-electron chi connectivity index (χ3n) is 16.5. The van der Waals surface area contributed by atoms with E-state index < -0.39 is 0 Å². The van der Waals surface area contributed by atoms with Gasteiger partial charge in [-0.2, -0.15) is 5.26 Å². The van der Waals surface area contributed by atoms with Gasteiger partial charge in [-0.25, -0.2) is 4.85 Å². The zero-order chi connectivity index (χ0) is 51.3. The predicted octanol–water partition coefficient (Wildman–Crippen LogP) is 21.0. The van der Waals surface area contributed by atoms with Crippen molar-refractivity contribution in [3.8, 4) is 39.7 Å². The van der Waals surface area contributed by atoms with Crippen LogP contribution < -0.4 is 0 Å². The maximum atomic E-state index is 12.9. The molecule has 0 atom stereocenters. The van der Waals surface area contributed by atoms with E-state index in [1.165, 1.54) is 20.2 Å². The molecule has 17 aromatic rings. The lowest BCUT2D eigenvalue weighted by Gasteiger charge is -2.27. The first-order valence-corrected chi connectivity index (χ1v) is 27.8. The van der Waals surface area contributed by atoms with Crippen molar-refractivity contribution in [3.05, 3.63) is 248 Å². The molecule has 0 aliphatic heterocycles. The SMILES string of the molecule is [C-]#[N+]c1c(-c2cccc3c2ccc2ccccc23)c(-n2c3ccccc3c3ccc4c5ccccc5sc4c32)c(C#N)c(-n2c3ccccc3c3ccc4c5ccccc5sc4c32)c1-c1cc2ccccc2c2ccccc12. The van der Waals surface area contributed by atoms with Crippen LogP contribution in [0.5, 0.6) is 0 Å². The van der Waals surface area contributed by atoms with Gasteiger partial charge in [-0.05, 0) is 84.5 Å². The van der Waals surface area contributed by atoms with Crippen molar-refractivity contribution in [2.24, 2.45) is 0 Å². The summed E-state index contributed by atoms with van der Waals surface area (Å²) in [5, 5.41) is 30.6. The topological polar surface area (TPSA) is 38.0 Å². The summed E-state index contributed by atoms with van der Waals surface area (Å²) in [5.41, 5.74) is 9.46. The van der Waals surface area contributed by atoms with E-state index in [-0.39, 0.29) is 0 Å². The second kappa shape index (κ2) is 16.2. The lowest BCUT2D eigenvalue weighted by molar-refractivity contribution is 1.13. The molecule has 358 valence electrons. The van der Waals surface area contributed by atoms with Crippen LogP contribution in [-0.2, 0) is 0 Å². The van der Waals surface area contributed by atoms with E-state index in [2.05, 4.69) is 246 Å². The molecule has 4 heterocycles. The Balaban J connectivity index is 1.19. The fourth-order valence-corrected chi connectivity index (χ4v) is 15.8. The Hall–Kier alpha value is -10.1. The van der Waals surface area contributed by atoms with Crippen molar-refractivity contribution < 1.29 is 0 Å². The standard InChI is InChI=1S/C72H38N4S2/c1-74-66-64(53-28-16-27-46-43-19-4-2-17-41(43)33-34-48(46)53)67(75-60-29-12-8-23-49(60)54-35-37-56-51-25-10-14-31-62(51)77-71(56)69(54)75)59(40-73)68(65(66)58-39-42-18-3-5-20-44(42)45-21-6-7-22-47(45)58)76-61-30-13-9-24-50(61)55-36-38-57-52-26-11-15-32-63(52)78-72(57)70(55)76/h2-39H. The number of aromatic nitrogens is 2. The minimum atomic E-state index is 0.476. The molecule has 0 radical (unpaired) electrons. The van der Waals surface area contributed by atoms with Crippen LogP contribution in [0.4, 0.5) is 5.69 Å². The van der Waals surface area contributed by atoms with Gasteiger partial charge in [0.1, 0.15) is 6.07 Å². The number of para-hydroxylation sites is 2. The van der Waals surface area contributed by atoms with E-state index in [0.29, 0.717) is 33.8 Å². The second-order valence-corrected chi connectivity index (χ2v) is 22.5. The van der Waals surface area contributed by atoms with Gasteiger partial charge in [0, 0.05) is 63.6 Å². The average molecular weight is 1020 g/mol. The summed E-state index contributed by atoms with van der Waals surface area (Å²) in [5.74, 6) is 0. The van der Waals surface area contributed by atoms with Crippen LogP contribution in [0, 0.1) is 17.9 Å². The molecule has 4 nitrogen and oxygen atoms in total. The number of hydrogen-bond donors (Lipinski definition) is 0. The first kappa shape index (κ1) is 43.2. The number of rotatable bonds is 4. The van der Waals surface area contributed by atoms with Crippen LogP contribution in [0.15, 0.2) is 231 Å². The van der Waals surface area contributed by atoms with Gasteiger partial charge in [0.2, 0.25) is 5.69 Å². The molecule has 0 amide bonds. The molecule has 0 unspecified atom stereocenters. The number of nitriles is 1. The molecule has 0 saturated carbocycles. The highest BCUT2D eigenvalue weighted by Gasteiger charge is 2.34. The minimum Gasteiger partial charge on any atom is -0.307 e. The van der Waals surface area contributed by atoms with Gasteiger partial charge >= 0.3 is 0 Å². The second-order valence-electron chi connectivity index (χ2n) is 20.4. The third kappa shape index (κ3) is 5.74. The lowest BCUT2D eigenvalue weighted by Crippen LogP contribution is -2.09. The van der Waals surface area contributed by atoms with Gasteiger partial charge in [-0.1, -0.05) is 200 Å². The summed E-state index contributed by atoms with van der Waals surface area (Å²) >= 11 is 3.58. The molecule has 0 fully saturated rings. The van der Waals surface area contributed by atoms with Crippen molar-refractivity contribution in [1.29, 1.82) is 5.26 Å². The van der Waals surface area contributed by atoms with Gasteiger partial charge in [0.05, 0.1) is 55.0 Å². The molecule has 0 spiro atoms. The quantitative estimate of drug-likeness (QED) is 0.128. The molecule has 4 aromatic heterocycles. The van der Waals surface area contributed by atoms with Crippen LogP contribution in [0.3, 0.4) is 0 Å². The Labute approximate surface area is 454 Å². The van der Waals surface area contributed by atoms with Crippen molar-refractivity contribution in [1.82, 2.24) is 9.13 Å². The number of nitrogens with zero attached hydrogens (tertiary/aromatic N) is 4. The summed E-state index contributed by atoms with van der Waals surface area (Å²) in [6.07, 6.45) is 0. The van der Waals surface area contributed by atoms with Crippen LogP contribution >= 0.6 is 22.7 Å². The molecule has 6 heteroatoms. The van der Waals surface area contributed by atoms with E-state index in [1.807, 2.05) is 0 Å². The highest BCUT2D eigenvalue weighted by molar-refractivity contribution is 7.27. The zero-order valence-corrected chi connectivity index (χ0v) is 43.2. The highest BCUT2D eigenvalue weighted by atomic mass is 32.1. The predicted molar refractivity (Wildman–Crippen MR) is 333 cm³/mol. The number of fused-ring (bicyclic) bond motifs is 20. The molecular weight excluding hydrogens is 985 g/mol. The van der Waals surface area contributed by atoms with Crippen molar-refractivity contribution in [2.75, 3.05) is 0 Å². The summed E-state index contributed by atoms with van der Waals surface area (Å²) in [6.45, 7) is 9.99. The molecule has 0 N–H and O–H groups in total. The number of benzene rings is 13. The Morgan fingerprint density at radius 3 is 1.36 bits per heavy atom. The Kier molecular flexibility index (Phi) is 8.98. The van der Waals surface area contributed by atoms with Gasteiger partial charge in [-0.15, -0.1) is 22.7 Å². The Morgan fingerprint density at radius 1 is 0.359 bits per heavy atom. The fourth-order valence-electron chi connectivity index (χ4n) is 13.3. The van der Waals surface area contributed by atoms with Crippen LogP contribution in [0.1, 0.15) is 5.56 Å². The number of thiophene rings is 2. The van der Waals surface area contributed by atoms with E-state index >= 15 is 0 Å². The molecule has 13 aromatic carbocycles. The lowest BCUT2D eigenvalue weighted by atomic mass is 9.84. The van der Waals surface area contributed by atoms with Crippen LogP contribution in [0.2, 0.25) is 0 Å². The van der Waals surface area contributed by atoms with Crippen molar-refractivity contribution >= 4 is 155 Å². The van der Waals surface area contributed by atoms with Gasteiger partial charge in [0.15, 0.2) is 0 Å². The zero-order valence-electron chi connectivity index (χ0n) is 41.5. The van der Waals surface area contributed by atoms with E-state index in [1.54, 1.807) is 22.7 Å². The first-order valence-electron chi connectivity index (χ1n) is 26.2. The van der Waals surface area contributed by atoms with Crippen molar-refractivity contribution in [2.45, 2.75) is 0 Å². The maximum absolute atomic E-state index is 12.9. The summed E-state index contributed by atoms with van der Waals surface area (Å²) in [4.78, 5) is 4.93. The first-order chi connectivity index (χ1) is 38.7. The summed E-state index contributed by atoms with van der Waals surface area (Å²) in [7, 11) is 0. The monoisotopic (exact) mass is 1020 g/mol. The number of hydrogen-bond acceptors (Lipinski definition) is 3. The van der Waals surface area contributed by atoms with E-state index in [0.717, 1.165) is 118 Å². The highest BCUT2D eigenvalue weighted by Crippen LogP contribution is 2.56. The minimum absolute atomic E-state index is 0.476. The fraction of sp³-hybridized carbons (Fsp3) is 0. The molecule has 0 saturated heterocycles. The van der Waals surface area contributed by atoms with Gasteiger partial charge in [-0.3, -0.25) is 0 Å². The molecule has 0 aliphatic rings. The van der Waals surface area contributed by atoms with E-state index in [4.69, 9.17) is 4.85 Å². The normalized spacial score (nSPS) is 12.1. The average Bonchev–Trinajstić information content (AvgIpc) is 4.43. The molecule has 17 rings (SSSR count). The van der Waals surface area contributed by atoms with Crippen LogP contribution in [-0.4, -0.2) is 9.13 Å². The molecular formula is C72H38N4S2. The molecule has 0 aliphatic carbocycles. The Bertz CT molecular complexity index is 5620.